The van der Waals surface area contributed by atoms with Crippen LogP contribution in [-0.4, -0.2) is 36.5 Å². The van der Waals surface area contributed by atoms with Crippen LogP contribution in [-0.2, 0) is 0 Å². The highest BCUT2D eigenvalue weighted by Gasteiger charge is 2.19. The van der Waals surface area contributed by atoms with E-state index in [2.05, 4.69) is 22.1 Å². The number of hydrogen-bond donors (Lipinski definition) is 1. The Hall–Kier alpha value is -1.79. The SMILES string of the molecule is COc1cc(OC)nc([C@H](SCCN)c2ccccc2)n1. The van der Waals surface area contributed by atoms with Crippen LogP contribution >= 0.6 is 11.8 Å². The zero-order valence-corrected chi connectivity index (χ0v) is 13.0. The van der Waals surface area contributed by atoms with Crippen molar-refractivity contribution in [3.63, 3.8) is 0 Å². The van der Waals surface area contributed by atoms with Gasteiger partial charge in [-0.25, -0.2) is 0 Å². The maximum atomic E-state index is 5.63. The van der Waals surface area contributed by atoms with Crippen LogP contribution in [0.25, 0.3) is 0 Å². The molecule has 0 aliphatic carbocycles. The van der Waals surface area contributed by atoms with E-state index in [1.54, 1.807) is 32.0 Å². The molecule has 0 fully saturated rings. The van der Waals surface area contributed by atoms with Gasteiger partial charge in [-0.1, -0.05) is 30.3 Å². The predicted molar refractivity (Wildman–Crippen MR) is 84.9 cm³/mol. The summed E-state index contributed by atoms with van der Waals surface area (Å²) in [6.45, 7) is 0.606. The van der Waals surface area contributed by atoms with Crippen molar-refractivity contribution in [3.05, 3.63) is 47.8 Å². The fraction of sp³-hybridized carbons (Fsp3) is 0.333. The molecule has 1 heterocycles. The second kappa shape index (κ2) is 7.85. The molecular formula is C15H19N3O2S. The average Bonchev–Trinajstić information content (AvgIpc) is 2.55. The van der Waals surface area contributed by atoms with Crippen LogP contribution in [0.3, 0.4) is 0 Å². The molecule has 0 aliphatic rings. The Bertz CT molecular complexity index is 544. The Labute approximate surface area is 128 Å². The van der Waals surface area contributed by atoms with Crippen molar-refractivity contribution >= 4 is 11.8 Å². The van der Waals surface area contributed by atoms with E-state index in [4.69, 9.17) is 15.2 Å². The highest BCUT2D eigenvalue weighted by Crippen LogP contribution is 2.34. The third-order valence-electron chi connectivity index (χ3n) is 2.85. The number of ether oxygens (including phenoxy) is 2. The van der Waals surface area contributed by atoms with E-state index >= 15 is 0 Å². The first kappa shape index (κ1) is 15.6. The second-order valence-corrected chi connectivity index (χ2v) is 5.47. The van der Waals surface area contributed by atoms with Gasteiger partial charge in [-0.3, -0.25) is 0 Å². The molecular weight excluding hydrogens is 286 g/mol. The fourth-order valence-corrected chi connectivity index (χ4v) is 2.86. The number of rotatable bonds is 7. The number of benzene rings is 1. The third kappa shape index (κ3) is 4.09. The molecule has 112 valence electrons. The van der Waals surface area contributed by atoms with Crippen LogP contribution in [0.4, 0.5) is 0 Å². The van der Waals surface area contributed by atoms with E-state index in [0.29, 0.717) is 24.1 Å². The van der Waals surface area contributed by atoms with Gasteiger partial charge in [-0.15, -0.1) is 11.8 Å². The Kier molecular flexibility index (Phi) is 5.83. The maximum Gasteiger partial charge on any atom is 0.220 e. The van der Waals surface area contributed by atoms with Gasteiger partial charge in [0, 0.05) is 12.3 Å². The van der Waals surface area contributed by atoms with Gasteiger partial charge < -0.3 is 15.2 Å². The molecule has 0 unspecified atom stereocenters. The minimum atomic E-state index is -0.00116. The standard InChI is InChI=1S/C15H19N3O2S/c1-19-12-10-13(20-2)18-15(17-12)14(21-9-8-16)11-6-4-3-5-7-11/h3-7,10,14H,8-9,16H2,1-2H3/t14-/m1/s1. The molecule has 21 heavy (non-hydrogen) atoms. The predicted octanol–water partition coefficient (Wildman–Crippen LogP) is 2.28. The number of nitrogens with zero attached hydrogens (tertiary/aromatic N) is 2. The van der Waals surface area contributed by atoms with Gasteiger partial charge in [0.1, 0.15) is 0 Å². The molecule has 0 saturated heterocycles. The molecule has 2 rings (SSSR count). The van der Waals surface area contributed by atoms with Crippen molar-refractivity contribution in [1.82, 2.24) is 9.97 Å². The van der Waals surface area contributed by atoms with E-state index < -0.39 is 0 Å². The smallest absolute Gasteiger partial charge is 0.220 e. The molecule has 0 aliphatic heterocycles. The Morgan fingerprint density at radius 3 is 2.24 bits per heavy atom. The van der Waals surface area contributed by atoms with Gasteiger partial charge in [0.05, 0.1) is 25.5 Å². The molecule has 1 atom stereocenters. The highest BCUT2D eigenvalue weighted by atomic mass is 32.2. The molecule has 2 N–H and O–H groups in total. The summed E-state index contributed by atoms with van der Waals surface area (Å²) in [6, 6.07) is 11.8. The minimum Gasteiger partial charge on any atom is -0.481 e. The molecule has 0 saturated carbocycles. The lowest BCUT2D eigenvalue weighted by Crippen LogP contribution is -2.09. The van der Waals surface area contributed by atoms with Gasteiger partial charge in [0.2, 0.25) is 11.8 Å². The van der Waals surface area contributed by atoms with E-state index in [-0.39, 0.29) is 5.25 Å². The summed E-state index contributed by atoms with van der Waals surface area (Å²) < 4.78 is 10.4. The first-order chi connectivity index (χ1) is 10.3. The van der Waals surface area contributed by atoms with Gasteiger partial charge >= 0.3 is 0 Å². The zero-order valence-electron chi connectivity index (χ0n) is 12.2. The topological polar surface area (TPSA) is 70.3 Å². The summed E-state index contributed by atoms with van der Waals surface area (Å²) >= 11 is 1.71. The van der Waals surface area contributed by atoms with Gasteiger partial charge in [-0.05, 0) is 5.56 Å². The molecule has 0 radical (unpaired) electrons. The minimum absolute atomic E-state index is 0.00116. The summed E-state index contributed by atoms with van der Waals surface area (Å²) in [5.41, 5.74) is 6.76. The average molecular weight is 305 g/mol. The molecule has 0 amide bonds. The highest BCUT2D eigenvalue weighted by molar-refractivity contribution is 7.99. The molecule has 5 nitrogen and oxygen atoms in total. The van der Waals surface area contributed by atoms with Crippen molar-refractivity contribution in [2.24, 2.45) is 5.73 Å². The monoisotopic (exact) mass is 305 g/mol. The van der Waals surface area contributed by atoms with E-state index in [1.807, 2.05) is 18.2 Å². The van der Waals surface area contributed by atoms with E-state index in [1.165, 1.54) is 0 Å². The fourth-order valence-electron chi connectivity index (χ4n) is 1.88. The summed E-state index contributed by atoms with van der Waals surface area (Å²) in [5, 5.41) is -0.00116. The quantitative estimate of drug-likeness (QED) is 0.846. The number of nitrogens with two attached hydrogens (primary N) is 1. The van der Waals surface area contributed by atoms with Crippen LogP contribution in [0, 0.1) is 0 Å². The van der Waals surface area contributed by atoms with Crippen molar-refractivity contribution in [2.75, 3.05) is 26.5 Å². The Morgan fingerprint density at radius 1 is 1.10 bits per heavy atom. The molecule has 0 bridgehead atoms. The van der Waals surface area contributed by atoms with Crippen molar-refractivity contribution < 1.29 is 9.47 Å². The summed E-state index contributed by atoms with van der Waals surface area (Å²) in [6.07, 6.45) is 0. The normalized spacial score (nSPS) is 12.0. The third-order valence-corrected chi connectivity index (χ3v) is 4.14. The summed E-state index contributed by atoms with van der Waals surface area (Å²) in [4.78, 5) is 8.91. The molecule has 6 heteroatoms. The second-order valence-electron chi connectivity index (χ2n) is 4.26. The lowest BCUT2D eigenvalue weighted by molar-refractivity contribution is 0.368. The summed E-state index contributed by atoms with van der Waals surface area (Å²) in [5.74, 6) is 2.47. The Morgan fingerprint density at radius 2 is 1.71 bits per heavy atom. The number of methoxy groups -OCH3 is 2. The van der Waals surface area contributed by atoms with Crippen molar-refractivity contribution in [2.45, 2.75) is 5.25 Å². The van der Waals surface area contributed by atoms with Crippen molar-refractivity contribution in [1.29, 1.82) is 0 Å². The van der Waals surface area contributed by atoms with E-state index in [9.17, 15) is 0 Å². The van der Waals surface area contributed by atoms with Crippen LogP contribution in [0.2, 0.25) is 0 Å². The van der Waals surface area contributed by atoms with Crippen LogP contribution in [0.15, 0.2) is 36.4 Å². The largest absolute Gasteiger partial charge is 0.481 e. The molecule has 1 aromatic heterocycles. The Balaban J connectivity index is 2.40. The number of hydrogen-bond acceptors (Lipinski definition) is 6. The van der Waals surface area contributed by atoms with Gasteiger partial charge in [0.15, 0.2) is 5.82 Å². The van der Waals surface area contributed by atoms with Crippen LogP contribution < -0.4 is 15.2 Å². The summed E-state index contributed by atoms with van der Waals surface area (Å²) in [7, 11) is 3.16. The molecule has 1 aromatic carbocycles. The maximum absolute atomic E-state index is 5.63. The van der Waals surface area contributed by atoms with Crippen LogP contribution in [0.5, 0.6) is 11.8 Å². The van der Waals surface area contributed by atoms with Crippen LogP contribution in [0.1, 0.15) is 16.6 Å². The number of thioether (sulfide) groups is 1. The lowest BCUT2D eigenvalue weighted by Gasteiger charge is -2.16. The van der Waals surface area contributed by atoms with E-state index in [0.717, 1.165) is 11.3 Å². The molecule has 2 aromatic rings. The number of aromatic nitrogens is 2. The lowest BCUT2D eigenvalue weighted by atomic mass is 10.1. The van der Waals surface area contributed by atoms with Gasteiger partial charge in [0.25, 0.3) is 0 Å². The molecule has 0 spiro atoms. The van der Waals surface area contributed by atoms with Gasteiger partial charge in [-0.2, -0.15) is 9.97 Å². The van der Waals surface area contributed by atoms with Crippen molar-refractivity contribution in [3.8, 4) is 11.8 Å². The first-order valence-electron chi connectivity index (χ1n) is 6.62. The zero-order chi connectivity index (χ0) is 15.1. The first-order valence-corrected chi connectivity index (χ1v) is 7.67.